The number of carbonyl (C=O) groups is 1. The molecular formula is C13H10O4. The van der Waals surface area contributed by atoms with Gasteiger partial charge in [-0.3, -0.25) is 0 Å². The van der Waals surface area contributed by atoms with E-state index in [-0.39, 0.29) is 11.3 Å². The molecule has 2 aromatic carbocycles. The van der Waals surface area contributed by atoms with Gasteiger partial charge in [0.2, 0.25) is 0 Å². The van der Waals surface area contributed by atoms with Crippen LogP contribution in [0.1, 0.15) is 10.4 Å². The van der Waals surface area contributed by atoms with E-state index in [1.165, 1.54) is 12.1 Å². The fraction of sp³-hybridized carbons (Fsp3) is 0. The molecule has 0 aliphatic heterocycles. The standard InChI is InChI=1S/C13H10O4/c14-13(16-10-6-2-1-3-7-10)11-8-4-5-9-12(11)17-15/h1-9,15H. The SMILES string of the molecule is O=C(Oc1ccccc1)c1ccccc1OO. The Morgan fingerprint density at radius 3 is 2.29 bits per heavy atom. The Kier molecular flexibility index (Phi) is 3.37. The van der Waals surface area contributed by atoms with Gasteiger partial charge in [-0.2, -0.15) is 0 Å². The molecule has 4 nitrogen and oxygen atoms in total. The first-order chi connectivity index (χ1) is 8.31. The summed E-state index contributed by atoms with van der Waals surface area (Å²) in [6.07, 6.45) is 0. The van der Waals surface area contributed by atoms with E-state index in [2.05, 4.69) is 4.89 Å². The minimum absolute atomic E-state index is 0.0634. The summed E-state index contributed by atoms with van der Waals surface area (Å²) < 4.78 is 5.11. The van der Waals surface area contributed by atoms with Gasteiger partial charge >= 0.3 is 5.97 Å². The lowest BCUT2D eigenvalue weighted by Crippen LogP contribution is -2.09. The first kappa shape index (κ1) is 11.2. The summed E-state index contributed by atoms with van der Waals surface area (Å²) in [6.45, 7) is 0. The zero-order chi connectivity index (χ0) is 12.1. The van der Waals surface area contributed by atoms with E-state index in [1.54, 1.807) is 36.4 Å². The molecule has 0 amide bonds. The second-order valence-corrected chi connectivity index (χ2v) is 3.29. The Bertz CT molecular complexity index is 508. The lowest BCUT2D eigenvalue weighted by molar-refractivity contribution is -0.138. The molecule has 0 spiro atoms. The highest BCUT2D eigenvalue weighted by Crippen LogP contribution is 2.19. The Morgan fingerprint density at radius 1 is 0.941 bits per heavy atom. The largest absolute Gasteiger partial charge is 0.423 e. The van der Waals surface area contributed by atoms with Crippen molar-refractivity contribution >= 4 is 5.97 Å². The van der Waals surface area contributed by atoms with E-state index in [0.29, 0.717) is 5.75 Å². The van der Waals surface area contributed by atoms with Crippen LogP contribution in [0, 0.1) is 0 Å². The van der Waals surface area contributed by atoms with Gasteiger partial charge in [0.25, 0.3) is 0 Å². The van der Waals surface area contributed by atoms with Crippen molar-refractivity contribution in [3.05, 3.63) is 60.2 Å². The third kappa shape index (κ3) is 2.62. The number of para-hydroxylation sites is 2. The molecule has 4 heteroatoms. The monoisotopic (exact) mass is 230 g/mol. The van der Waals surface area contributed by atoms with Gasteiger partial charge in [-0.1, -0.05) is 30.3 Å². The number of esters is 1. The number of hydrogen-bond acceptors (Lipinski definition) is 4. The Hall–Kier alpha value is -2.33. The second kappa shape index (κ2) is 5.14. The lowest BCUT2D eigenvalue weighted by Gasteiger charge is -2.06. The van der Waals surface area contributed by atoms with Crippen LogP contribution in [0.2, 0.25) is 0 Å². The van der Waals surface area contributed by atoms with E-state index in [0.717, 1.165) is 0 Å². The van der Waals surface area contributed by atoms with Gasteiger partial charge in [-0.15, -0.1) is 0 Å². The molecule has 0 saturated carbocycles. The highest BCUT2D eigenvalue weighted by Gasteiger charge is 2.14. The van der Waals surface area contributed by atoms with Gasteiger partial charge in [0.1, 0.15) is 11.3 Å². The van der Waals surface area contributed by atoms with Crippen LogP contribution < -0.4 is 9.62 Å². The Morgan fingerprint density at radius 2 is 1.59 bits per heavy atom. The number of rotatable bonds is 3. The third-order valence-corrected chi connectivity index (χ3v) is 2.16. The minimum Gasteiger partial charge on any atom is -0.423 e. The van der Waals surface area contributed by atoms with Crippen molar-refractivity contribution in [3.63, 3.8) is 0 Å². The molecule has 0 aliphatic carbocycles. The Labute approximate surface area is 98.0 Å². The topological polar surface area (TPSA) is 55.8 Å². The van der Waals surface area contributed by atoms with Crippen molar-refractivity contribution in [2.45, 2.75) is 0 Å². The first-order valence-electron chi connectivity index (χ1n) is 4.99. The summed E-state index contributed by atoms with van der Waals surface area (Å²) in [5.74, 6) is -0.0838. The van der Waals surface area contributed by atoms with Crippen molar-refractivity contribution in [2.24, 2.45) is 0 Å². The van der Waals surface area contributed by atoms with Crippen LogP contribution in [0.4, 0.5) is 0 Å². The fourth-order valence-corrected chi connectivity index (χ4v) is 1.37. The fourth-order valence-electron chi connectivity index (χ4n) is 1.37. The normalized spacial score (nSPS) is 9.71. The molecule has 0 bridgehead atoms. The molecule has 0 fully saturated rings. The summed E-state index contributed by atoms with van der Waals surface area (Å²) in [6, 6.07) is 15.0. The molecule has 2 rings (SSSR count). The summed E-state index contributed by atoms with van der Waals surface area (Å²) in [5, 5.41) is 8.63. The quantitative estimate of drug-likeness (QED) is 0.381. The summed E-state index contributed by atoms with van der Waals surface area (Å²) in [4.78, 5) is 15.9. The van der Waals surface area contributed by atoms with Crippen molar-refractivity contribution in [3.8, 4) is 11.5 Å². The van der Waals surface area contributed by atoms with Gasteiger partial charge in [-0.05, 0) is 24.3 Å². The molecule has 0 radical (unpaired) electrons. The zero-order valence-corrected chi connectivity index (χ0v) is 8.87. The number of benzene rings is 2. The Balaban J connectivity index is 2.20. The summed E-state index contributed by atoms with van der Waals surface area (Å²) in [7, 11) is 0. The van der Waals surface area contributed by atoms with Gasteiger partial charge in [0.05, 0.1) is 0 Å². The third-order valence-electron chi connectivity index (χ3n) is 2.16. The lowest BCUT2D eigenvalue weighted by atomic mass is 10.2. The summed E-state index contributed by atoms with van der Waals surface area (Å²) >= 11 is 0. The molecule has 0 aromatic heterocycles. The first-order valence-corrected chi connectivity index (χ1v) is 4.99. The van der Waals surface area contributed by atoms with Crippen LogP contribution in [0.15, 0.2) is 54.6 Å². The summed E-state index contributed by atoms with van der Waals surface area (Å²) in [5.41, 5.74) is 0.166. The van der Waals surface area contributed by atoms with Crippen LogP contribution in [0.25, 0.3) is 0 Å². The van der Waals surface area contributed by atoms with Crippen molar-refractivity contribution in [1.82, 2.24) is 0 Å². The molecule has 0 aliphatic rings. The highest BCUT2D eigenvalue weighted by molar-refractivity contribution is 5.93. The predicted molar refractivity (Wildman–Crippen MR) is 61.1 cm³/mol. The number of ether oxygens (including phenoxy) is 1. The molecule has 86 valence electrons. The van der Waals surface area contributed by atoms with Crippen molar-refractivity contribution in [2.75, 3.05) is 0 Å². The smallest absolute Gasteiger partial charge is 0.347 e. The molecule has 0 atom stereocenters. The van der Waals surface area contributed by atoms with Gasteiger partial charge in [0, 0.05) is 0 Å². The molecule has 2 aromatic rings. The number of carbonyl (C=O) groups excluding carboxylic acids is 1. The van der Waals surface area contributed by atoms with Gasteiger partial charge in [-0.25, -0.2) is 10.1 Å². The van der Waals surface area contributed by atoms with Gasteiger partial charge in [0.15, 0.2) is 5.75 Å². The van der Waals surface area contributed by atoms with Crippen molar-refractivity contribution in [1.29, 1.82) is 0 Å². The minimum atomic E-state index is -0.583. The highest BCUT2D eigenvalue weighted by atomic mass is 17.1. The van der Waals surface area contributed by atoms with Gasteiger partial charge < -0.3 is 9.62 Å². The molecule has 17 heavy (non-hydrogen) atoms. The maximum Gasteiger partial charge on any atom is 0.347 e. The van der Waals surface area contributed by atoms with Crippen molar-refractivity contribution < 1.29 is 19.7 Å². The van der Waals surface area contributed by atoms with Crippen LogP contribution in [0.5, 0.6) is 11.5 Å². The molecule has 0 unspecified atom stereocenters. The van der Waals surface area contributed by atoms with Crippen LogP contribution in [-0.2, 0) is 0 Å². The van der Waals surface area contributed by atoms with E-state index >= 15 is 0 Å². The molecule has 0 heterocycles. The molecular weight excluding hydrogens is 220 g/mol. The van der Waals surface area contributed by atoms with E-state index in [9.17, 15) is 4.79 Å². The van der Waals surface area contributed by atoms with E-state index in [1.807, 2.05) is 6.07 Å². The van der Waals surface area contributed by atoms with E-state index in [4.69, 9.17) is 9.99 Å². The average molecular weight is 230 g/mol. The van der Waals surface area contributed by atoms with Crippen LogP contribution in [0.3, 0.4) is 0 Å². The molecule has 0 saturated heterocycles. The predicted octanol–water partition coefficient (Wildman–Crippen LogP) is 2.76. The zero-order valence-electron chi connectivity index (χ0n) is 8.87. The van der Waals surface area contributed by atoms with E-state index < -0.39 is 5.97 Å². The van der Waals surface area contributed by atoms with Crippen LogP contribution in [-0.4, -0.2) is 11.2 Å². The average Bonchev–Trinajstić information content (AvgIpc) is 2.40. The van der Waals surface area contributed by atoms with Crippen LogP contribution >= 0.6 is 0 Å². The second-order valence-electron chi connectivity index (χ2n) is 3.29. The molecule has 1 N–H and O–H groups in total. The maximum atomic E-state index is 11.8. The number of hydrogen-bond donors (Lipinski definition) is 1. The maximum absolute atomic E-state index is 11.8.